The van der Waals surface area contributed by atoms with Crippen LogP contribution in [0, 0.1) is 19.7 Å². The SMILES string of the molecule is Cc1cc2cc(C(=O)c3cnn(-c4cnc(Oc5ccccc5F)cc4C)c3N)[nH]c2cc1NS(=O)NCCO. The number of nitrogen functional groups attached to an aromatic ring is 1. The zero-order valence-corrected chi connectivity index (χ0v) is 22.4. The zero-order chi connectivity index (χ0) is 28.4. The van der Waals surface area contributed by atoms with Crippen molar-refractivity contribution in [2.45, 2.75) is 13.8 Å². The number of aromatic nitrogens is 4. The number of carbonyl (C=O) groups excluding carboxylic acids is 1. The molecule has 2 aromatic carbocycles. The largest absolute Gasteiger partial charge is 0.436 e. The van der Waals surface area contributed by atoms with Crippen molar-refractivity contribution in [3.05, 3.63) is 89.1 Å². The number of nitrogens with one attached hydrogen (secondary N) is 3. The first-order valence-corrected chi connectivity index (χ1v) is 13.3. The van der Waals surface area contributed by atoms with Gasteiger partial charge in [0.2, 0.25) is 11.7 Å². The molecule has 0 bridgehead atoms. The van der Waals surface area contributed by atoms with Gasteiger partial charge < -0.3 is 20.6 Å². The van der Waals surface area contributed by atoms with Crippen LogP contribution in [0.4, 0.5) is 15.9 Å². The van der Waals surface area contributed by atoms with Crippen molar-refractivity contribution in [1.29, 1.82) is 0 Å². The lowest BCUT2D eigenvalue weighted by atomic mass is 10.1. The molecule has 0 aliphatic rings. The number of benzene rings is 2. The molecule has 0 aliphatic carbocycles. The summed E-state index contributed by atoms with van der Waals surface area (Å²) in [6.07, 6.45) is 2.88. The summed E-state index contributed by atoms with van der Waals surface area (Å²) in [6, 6.07) is 13.0. The molecule has 40 heavy (non-hydrogen) atoms. The van der Waals surface area contributed by atoms with E-state index in [1.54, 1.807) is 37.3 Å². The molecule has 6 N–H and O–H groups in total. The summed E-state index contributed by atoms with van der Waals surface area (Å²) in [4.78, 5) is 20.7. The normalized spacial score (nSPS) is 12.0. The summed E-state index contributed by atoms with van der Waals surface area (Å²) in [5.41, 5.74) is 10.2. The first-order valence-electron chi connectivity index (χ1n) is 12.2. The number of aliphatic hydroxyl groups excluding tert-OH is 1. The Kier molecular flexibility index (Phi) is 7.60. The van der Waals surface area contributed by atoms with Crippen molar-refractivity contribution in [1.82, 2.24) is 24.5 Å². The van der Waals surface area contributed by atoms with E-state index >= 15 is 0 Å². The van der Waals surface area contributed by atoms with Crippen molar-refractivity contribution < 1.29 is 23.2 Å². The minimum atomic E-state index is -1.59. The summed E-state index contributed by atoms with van der Waals surface area (Å²) < 4.78 is 38.5. The van der Waals surface area contributed by atoms with Crippen LogP contribution in [0.1, 0.15) is 27.2 Å². The van der Waals surface area contributed by atoms with E-state index in [1.807, 2.05) is 13.0 Å². The monoisotopic (exact) mass is 563 g/mol. The fourth-order valence-corrected chi connectivity index (χ4v) is 4.88. The number of pyridine rings is 1. The molecule has 5 rings (SSSR count). The number of aryl methyl sites for hydroxylation is 2. The highest BCUT2D eigenvalue weighted by Crippen LogP contribution is 2.29. The molecular weight excluding hydrogens is 537 g/mol. The van der Waals surface area contributed by atoms with Crippen molar-refractivity contribution in [2.24, 2.45) is 0 Å². The zero-order valence-electron chi connectivity index (χ0n) is 21.6. The fourth-order valence-electron chi connectivity index (χ4n) is 4.11. The predicted molar refractivity (Wildman–Crippen MR) is 150 cm³/mol. The van der Waals surface area contributed by atoms with Crippen molar-refractivity contribution in [2.75, 3.05) is 23.6 Å². The van der Waals surface area contributed by atoms with Gasteiger partial charge in [-0.05, 0) is 55.3 Å². The topological polar surface area (TPSA) is 160 Å². The molecule has 0 fully saturated rings. The Bertz CT molecular complexity index is 1750. The fraction of sp³-hybridized carbons (Fsp3) is 0.148. The summed E-state index contributed by atoms with van der Waals surface area (Å²) >= 11 is -1.59. The number of anilines is 2. The molecular formula is C27H26FN7O4S. The number of nitrogens with two attached hydrogens (primary N) is 1. The van der Waals surface area contributed by atoms with Gasteiger partial charge in [0.15, 0.2) is 22.7 Å². The minimum Gasteiger partial charge on any atom is -0.436 e. The van der Waals surface area contributed by atoms with E-state index in [9.17, 15) is 13.4 Å². The number of hydrogen-bond donors (Lipinski definition) is 5. The third-order valence-corrected chi connectivity index (χ3v) is 7.02. The third kappa shape index (κ3) is 5.43. The van der Waals surface area contributed by atoms with Crippen LogP contribution in [0.15, 0.2) is 60.9 Å². The first kappa shape index (κ1) is 27.0. The van der Waals surface area contributed by atoms with Gasteiger partial charge in [0.05, 0.1) is 41.6 Å². The van der Waals surface area contributed by atoms with Gasteiger partial charge in [-0.2, -0.15) is 5.10 Å². The molecule has 0 saturated heterocycles. The van der Waals surface area contributed by atoms with Crippen LogP contribution < -0.4 is 19.9 Å². The Labute approximate surface area is 230 Å². The molecule has 0 aliphatic heterocycles. The number of aliphatic hydroxyl groups is 1. The van der Waals surface area contributed by atoms with Gasteiger partial charge in [0, 0.05) is 23.5 Å². The average Bonchev–Trinajstić information content (AvgIpc) is 3.51. The molecule has 0 spiro atoms. The van der Waals surface area contributed by atoms with E-state index in [-0.39, 0.29) is 41.9 Å². The van der Waals surface area contributed by atoms with Crippen LogP contribution in [-0.2, 0) is 11.2 Å². The molecule has 5 aromatic rings. The van der Waals surface area contributed by atoms with Crippen LogP contribution >= 0.6 is 0 Å². The molecule has 1 atom stereocenters. The van der Waals surface area contributed by atoms with Gasteiger partial charge in [-0.15, -0.1) is 0 Å². The summed E-state index contributed by atoms with van der Waals surface area (Å²) in [5.74, 6) is -0.485. The van der Waals surface area contributed by atoms with Crippen molar-refractivity contribution in [3.63, 3.8) is 0 Å². The average molecular weight is 564 g/mol. The molecule has 0 amide bonds. The van der Waals surface area contributed by atoms with Crippen molar-refractivity contribution >= 4 is 39.4 Å². The maximum Gasteiger partial charge on any atom is 0.219 e. The van der Waals surface area contributed by atoms with Gasteiger partial charge >= 0.3 is 0 Å². The third-order valence-electron chi connectivity index (χ3n) is 6.15. The number of carbonyl (C=O) groups is 1. The van der Waals surface area contributed by atoms with Gasteiger partial charge in [0.25, 0.3) is 0 Å². The Morgan fingerprint density at radius 1 is 1.18 bits per heavy atom. The number of fused-ring (bicyclic) bond motifs is 1. The number of rotatable bonds is 10. The second kappa shape index (κ2) is 11.3. The highest BCUT2D eigenvalue weighted by atomic mass is 32.2. The van der Waals surface area contributed by atoms with E-state index in [0.29, 0.717) is 28.1 Å². The Morgan fingerprint density at radius 2 is 1.98 bits per heavy atom. The number of hydrogen-bond acceptors (Lipinski definition) is 7. The molecule has 3 heterocycles. The van der Waals surface area contributed by atoms with Gasteiger partial charge in [-0.25, -0.2) is 23.0 Å². The number of aromatic amines is 1. The standard InChI is InChI=1S/C27H26FN7O4S/c1-15-9-17-11-22(33-21(17)12-20(15)34-40(38)32-7-8-36)26(37)18-13-31-35(27(18)29)23-14-30-25(10-16(23)2)39-24-6-4-3-5-19(24)28/h3-6,9-14,32-34,36H,7-8,29H2,1-2H3. The molecule has 11 nitrogen and oxygen atoms in total. The lowest BCUT2D eigenvalue weighted by Gasteiger charge is -2.11. The maximum absolute atomic E-state index is 13.9. The van der Waals surface area contributed by atoms with Crippen LogP contribution in [0.3, 0.4) is 0 Å². The molecule has 206 valence electrons. The van der Waals surface area contributed by atoms with E-state index in [0.717, 1.165) is 10.9 Å². The van der Waals surface area contributed by atoms with Gasteiger partial charge in [0.1, 0.15) is 5.82 Å². The number of ketones is 1. The number of ether oxygens (including phenoxy) is 1. The molecule has 1 unspecified atom stereocenters. The van der Waals surface area contributed by atoms with Crippen LogP contribution in [0.5, 0.6) is 11.6 Å². The molecule has 13 heteroatoms. The Morgan fingerprint density at radius 3 is 2.73 bits per heavy atom. The van der Waals surface area contributed by atoms with Crippen LogP contribution in [0.25, 0.3) is 16.6 Å². The number of H-pyrrole nitrogens is 1. The molecule has 0 saturated carbocycles. The van der Waals surface area contributed by atoms with E-state index in [2.05, 4.69) is 24.5 Å². The second-order valence-corrected chi connectivity index (χ2v) is 9.98. The minimum absolute atomic E-state index is 0.0525. The number of para-hydroxylation sites is 1. The van der Waals surface area contributed by atoms with E-state index in [4.69, 9.17) is 15.6 Å². The maximum atomic E-state index is 13.9. The number of nitrogens with zero attached hydrogens (tertiary/aromatic N) is 3. The van der Waals surface area contributed by atoms with Gasteiger partial charge in [-0.3, -0.25) is 9.52 Å². The lowest BCUT2D eigenvalue weighted by Crippen LogP contribution is -2.26. The highest BCUT2D eigenvalue weighted by Gasteiger charge is 2.21. The van der Waals surface area contributed by atoms with Crippen molar-refractivity contribution in [3.8, 4) is 17.3 Å². The quantitative estimate of drug-likeness (QED) is 0.162. The summed E-state index contributed by atoms with van der Waals surface area (Å²) in [6.45, 7) is 3.69. The Hall–Kier alpha value is -4.59. The smallest absolute Gasteiger partial charge is 0.219 e. The van der Waals surface area contributed by atoms with Gasteiger partial charge in [-0.1, -0.05) is 12.1 Å². The molecule has 3 aromatic heterocycles. The highest BCUT2D eigenvalue weighted by molar-refractivity contribution is 7.84. The number of halogens is 1. The lowest BCUT2D eigenvalue weighted by molar-refractivity contribution is 0.103. The van der Waals surface area contributed by atoms with E-state index in [1.165, 1.54) is 29.2 Å². The first-order chi connectivity index (χ1) is 19.2. The Balaban J connectivity index is 1.38. The summed E-state index contributed by atoms with van der Waals surface area (Å²) in [5, 5.41) is 14.0. The summed E-state index contributed by atoms with van der Waals surface area (Å²) in [7, 11) is 0. The predicted octanol–water partition coefficient (Wildman–Crippen LogP) is 3.68. The molecule has 0 radical (unpaired) electrons. The second-order valence-electron chi connectivity index (χ2n) is 8.95. The van der Waals surface area contributed by atoms with Crippen LogP contribution in [0.2, 0.25) is 0 Å². The van der Waals surface area contributed by atoms with E-state index < -0.39 is 17.0 Å². The van der Waals surface area contributed by atoms with Crippen LogP contribution in [-0.4, -0.2) is 48.0 Å².